The van der Waals surface area contributed by atoms with E-state index in [0.29, 0.717) is 0 Å². The normalized spacial score (nSPS) is 10.6. The van der Waals surface area contributed by atoms with Gasteiger partial charge in [0.15, 0.2) is 0 Å². The van der Waals surface area contributed by atoms with Crippen LogP contribution in [0.15, 0.2) is 91.3 Å². The van der Waals surface area contributed by atoms with Gasteiger partial charge in [0, 0.05) is 18.1 Å². The summed E-state index contributed by atoms with van der Waals surface area (Å²) in [5.41, 5.74) is 12.9. The van der Waals surface area contributed by atoms with Crippen LogP contribution in [0.1, 0.15) is 0 Å². The third-order valence-corrected chi connectivity index (χ3v) is 4.15. The summed E-state index contributed by atoms with van der Waals surface area (Å²) in [4.78, 5) is 8.81. The van der Waals surface area contributed by atoms with Crippen LogP contribution in [-0.4, -0.2) is 9.97 Å². The van der Waals surface area contributed by atoms with Gasteiger partial charge in [0.1, 0.15) is 0 Å². The molecule has 25 heavy (non-hydrogen) atoms. The highest BCUT2D eigenvalue weighted by Crippen LogP contribution is 2.27. The van der Waals surface area contributed by atoms with E-state index in [1.165, 1.54) is 5.56 Å². The average Bonchev–Trinajstić information content (AvgIpc) is 2.70. The zero-order valence-electron chi connectivity index (χ0n) is 13.6. The molecule has 0 unspecified atom stereocenters. The molecular formula is C22H17N3. The topological polar surface area (TPSA) is 51.8 Å². The quantitative estimate of drug-likeness (QED) is 0.536. The van der Waals surface area contributed by atoms with Crippen LogP contribution in [0.3, 0.4) is 0 Å². The highest BCUT2D eigenvalue weighted by Gasteiger charge is 2.04. The first kappa shape index (κ1) is 15.1. The first-order chi connectivity index (χ1) is 12.3. The molecule has 0 aliphatic heterocycles. The van der Waals surface area contributed by atoms with E-state index in [1.807, 2.05) is 54.7 Å². The monoisotopic (exact) mass is 323 g/mol. The van der Waals surface area contributed by atoms with Crippen molar-refractivity contribution in [1.82, 2.24) is 9.97 Å². The van der Waals surface area contributed by atoms with Crippen molar-refractivity contribution in [2.45, 2.75) is 0 Å². The van der Waals surface area contributed by atoms with Crippen molar-refractivity contribution in [1.29, 1.82) is 0 Å². The summed E-state index contributed by atoms with van der Waals surface area (Å²) >= 11 is 0. The van der Waals surface area contributed by atoms with Crippen molar-refractivity contribution in [3.63, 3.8) is 0 Å². The maximum Gasteiger partial charge on any atom is 0.0892 e. The van der Waals surface area contributed by atoms with Crippen LogP contribution in [0.5, 0.6) is 0 Å². The fraction of sp³-hybridized carbons (Fsp3) is 0. The maximum absolute atomic E-state index is 5.76. The van der Waals surface area contributed by atoms with Gasteiger partial charge in [-0.15, -0.1) is 0 Å². The lowest BCUT2D eigenvalue weighted by Crippen LogP contribution is -1.88. The molecule has 4 rings (SSSR count). The number of aromatic nitrogens is 2. The van der Waals surface area contributed by atoms with E-state index in [-0.39, 0.29) is 0 Å². The van der Waals surface area contributed by atoms with Crippen LogP contribution in [-0.2, 0) is 0 Å². The van der Waals surface area contributed by atoms with Gasteiger partial charge >= 0.3 is 0 Å². The van der Waals surface area contributed by atoms with Gasteiger partial charge in [-0.05, 0) is 58.7 Å². The summed E-state index contributed by atoms with van der Waals surface area (Å²) in [6, 6.07) is 26.4. The van der Waals surface area contributed by atoms with Crippen LogP contribution >= 0.6 is 0 Å². The number of benzene rings is 2. The first-order valence-electron chi connectivity index (χ1n) is 8.13. The fourth-order valence-corrected chi connectivity index (χ4v) is 2.80. The summed E-state index contributed by atoms with van der Waals surface area (Å²) < 4.78 is 0. The zero-order valence-corrected chi connectivity index (χ0v) is 13.6. The van der Waals surface area contributed by atoms with Crippen molar-refractivity contribution in [3.8, 4) is 33.6 Å². The molecular weight excluding hydrogens is 306 g/mol. The summed E-state index contributed by atoms with van der Waals surface area (Å²) in [5, 5.41) is 0. The third kappa shape index (κ3) is 3.26. The molecule has 0 fully saturated rings. The minimum absolute atomic E-state index is 0.777. The van der Waals surface area contributed by atoms with Crippen LogP contribution in [0.25, 0.3) is 33.6 Å². The van der Waals surface area contributed by atoms with Gasteiger partial charge in [-0.3, -0.25) is 9.97 Å². The van der Waals surface area contributed by atoms with Gasteiger partial charge in [0.05, 0.1) is 11.4 Å². The lowest BCUT2D eigenvalue weighted by Gasteiger charge is -2.07. The van der Waals surface area contributed by atoms with E-state index in [4.69, 9.17) is 5.73 Å². The molecule has 3 heteroatoms. The van der Waals surface area contributed by atoms with E-state index < -0.39 is 0 Å². The third-order valence-electron chi connectivity index (χ3n) is 4.15. The largest absolute Gasteiger partial charge is 0.399 e. The lowest BCUT2D eigenvalue weighted by molar-refractivity contribution is 1.25. The Hall–Kier alpha value is -3.46. The summed E-state index contributed by atoms with van der Waals surface area (Å²) in [5.74, 6) is 0. The minimum Gasteiger partial charge on any atom is -0.399 e. The van der Waals surface area contributed by atoms with E-state index >= 15 is 0 Å². The number of rotatable bonds is 3. The number of nitrogens with two attached hydrogens (primary N) is 1. The predicted octanol–water partition coefficient (Wildman–Crippen LogP) is 5.06. The highest BCUT2D eigenvalue weighted by atomic mass is 14.8. The second-order valence-corrected chi connectivity index (χ2v) is 5.84. The Kier molecular flexibility index (Phi) is 3.97. The molecule has 0 radical (unpaired) electrons. The summed E-state index contributed by atoms with van der Waals surface area (Å²) in [6.45, 7) is 0. The fourth-order valence-electron chi connectivity index (χ4n) is 2.80. The molecule has 2 heterocycles. The number of pyridine rings is 2. The summed E-state index contributed by atoms with van der Waals surface area (Å²) in [6.07, 6.45) is 3.61. The molecule has 120 valence electrons. The second-order valence-electron chi connectivity index (χ2n) is 5.84. The van der Waals surface area contributed by atoms with Gasteiger partial charge in [0.25, 0.3) is 0 Å². The molecule has 3 nitrogen and oxygen atoms in total. The standard InChI is InChI=1S/C22H17N3/c23-20-10-8-17(9-11-20)16-4-6-18(7-5-16)19-12-14-25-22(15-19)21-3-1-2-13-24-21/h1-15H,23H2. The van der Waals surface area contributed by atoms with E-state index in [0.717, 1.165) is 33.8 Å². The maximum atomic E-state index is 5.76. The molecule has 0 atom stereocenters. The summed E-state index contributed by atoms with van der Waals surface area (Å²) in [7, 11) is 0. The Morgan fingerprint density at radius 3 is 1.76 bits per heavy atom. The van der Waals surface area contributed by atoms with Gasteiger partial charge < -0.3 is 5.73 Å². The minimum atomic E-state index is 0.777. The van der Waals surface area contributed by atoms with Crippen LogP contribution in [0.2, 0.25) is 0 Å². The van der Waals surface area contributed by atoms with Crippen LogP contribution in [0, 0.1) is 0 Å². The molecule has 0 amide bonds. The van der Waals surface area contributed by atoms with Crippen molar-refractivity contribution in [3.05, 3.63) is 91.3 Å². The van der Waals surface area contributed by atoms with E-state index in [2.05, 4.69) is 40.3 Å². The number of nitrogens with zero attached hydrogens (tertiary/aromatic N) is 2. The van der Waals surface area contributed by atoms with Gasteiger partial charge in [-0.25, -0.2) is 0 Å². The van der Waals surface area contributed by atoms with E-state index in [9.17, 15) is 0 Å². The van der Waals surface area contributed by atoms with Gasteiger partial charge in [0.2, 0.25) is 0 Å². The van der Waals surface area contributed by atoms with Gasteiger partial charge in [-0.1, -0.05) is 42.5 Å². The molecule has 0 bridgehead atoms. The number of nitrogen functional groups attached to an aromatic ring is 1. The number of anilines is 1. The number of hydrogen-bond acceptors (Lipinski definition) is 3. The van der Waals surface area contributed by atoms with Crippen molar-refractivity contribution >= 4 is 5.69 Å². The van der Waals surface area contributed by atoms with Crippen molar-refractivity contribution < 1.29 is 0 Å². The van der Waals surface area contributed by atoms with Crippen molar-refractivity contribution in [2.24, 2.45) is 0 Å². The van der Waals surface area contributed by atoms with Crippen molar-refractivity contribution in [2.75, 3.05) is 5.73 Å². The molecule has 0 aliphatic rings. The highest BCUT2D eigenvalue weighted by molar-refractivity contribution is 5.73. The number of hydrogen-bond donors (Lipinski definition) is 1. The molecule has 0 saturated carbocycles. The SMILES string of the molecule is Nc1ccc(-c2ccc(-c3ccnc(-c4ccccn4)c3)cc2)cc1. The van der Waals surface area contributed by atoms with E-state index in [1.54, 1.807) is 6.20 Å². The Morgan fingerprint density at radius 2 is 1.12 bits per heavy atom. The molecule has 0 spiro atoms. The average molecular weight is 323 g/mol. The molecule has 2 aromatic carbocycles. The predicted molar refractivity (Wildman–Crippen MR) is 103 cm³/mol. The zero-order chi connectivity index (χ0) is 17.1. The Balaban J connectivity index is 1.65. The van der Waals surface area contributed by atoms with Gasteiger partial charge in [-0.2, -0.15) is 0 Å². The second kappa shape index (κ2) is 6.57. The molecule has 4 aromatic rings. The lowest BCUT2D eigenvalue weighted by atomic mass is 10.00. The molecule has 0 saturated heterocycles. The van der Waals surface area contributed by atoms with Crippen LogP contribution in [0.4, 0.5) is 5.69 Å². The molecule has 2 N–H and O–H groups in total. The molecule has 0 aliphatic carbocycles. The Labute approximate surface area is 146 Å². The molecule has 2 aromatic heterocycles. The Morgan fingerprint density at radius 1 is 0.520 bits per heavy atom. The van der Waals surface area contributed by atoms with Crippen LogP contribution < -0.4 is 5.73 Å². The smallest absolute Gasteiger partial charge is 0.0892 e. The Bertz CT molecular complexity index is 976. The first-order valence-corrected chi connectivity index (χ1v) is 8.13.